The van der Waals surface area contributed by atoms with Crippen LogP contribution in [0.2, 0.25) is 0 Å². The lowest BCUT2D eigenvalue weighted by Crippen LogP contribution is -2.16. The second-order valence-corrected chi connectivity index (χ2v) is 4.81. The minimum absolute atomic E-state index is 0.0814. The highest BCUT2D eigenvalue weighted by molar-refractivity contribution is 5.32. The Kier molecular flexibility index (Phi) is 4.27. The number of halogens is 1. The molecule has 1 aromatic carbocycles. The van der Waals surface area contributed by atoms with Crippen molar-refractivity contribution in [3.05, 3.63) is 64.7 Å². The molecule has 0 aliphatic carbocycles. The Morgan fingerprint density at radius 2 is 2.05 bits per heavy atom. The SMILES string of the molecule is CCc1cnccc1C(N)Cc1ccc(F)cc1C. The maximum absolute atomic E-state index is 13.1. The molecule has 1 atom stereocenters. The second-order valence-electron chi connectivity index (χ2n) is 4.81. The predicted octanol–water partition coefficient (Wildman–Crippen LogP) is 3.33. The summed E-state index contributed by atoms with van der Waals surface area (Å²) < 4.78 is 13.1. The molecule has 19 heavy (non-hydrogen) atoms. The van der Waals surface area contributed by atoms with Crippen molar-refractivity contribution in [1.82, 2.24) is 4.98 Å². The third-order valence-electron chi connectivity index (χ3n) is 3.47. The first-order chi connectivity index (χ1) is 9.11. The van der Waals surface area contributed by atoms with Gasteiger partial charge in [-0.2, -0.15) is 0 Å². The molecule has 0 spiro atoms. The van der Waals surface area contributed by atoms with Gasteiger partial charge < -0.3 is 5.73 Å². The highest BCUT2D eigenvalue weighted by atomic mass is 19.1. The lowest BCUT2D eigenvalue weighted by atomic mass is 9.94. The molecule has 0 amide bonds. The normalized spacial score (nSPS) is 12.4. The van der Waals surface area contributed by atoms with Gasteiger partial charge in [0.1, 0.15) is 5.82 Å². The quantitative estimate of drug-likeness (QED) is 0.913. The number of rotatable bonds is 4. The fourth-order valence-electron chi connectivity index (χ4n) is 2.33. The molecule has 2 nitrogen and oxygen atoms in total. The molecule has 0 aliphatic heterocycles. The Hall–Kier alpha value is -1.74. The van der Waals surface area contributed by atoms with Crippen molar-refractivity contribution in [2.75, 3.05) is 0 Å². The summed E-state index contributed by atoms with van der Waals surface area (Å²) in [6.45, 7) is 4.01. The minimum atomic E-state index is -0.201. The Bertz CT molecular complexity index is 566. The van der Waals surface area contributed by atoms with Gasteiger partial charge in [-0.3, -0.25) is 4.98 Å². The summed E-state index contributed by atoms with van der Waals surface area (Å²) in [6.07, 6.45) is 5.26. The highest BCUT2D eigenvalue weighted by Crippen LogP contribution is 2.21. The fraction of sp³-hybridized carbons (Fsp3) is 0.312. The first kappa shape index (κ1) is 13.7. The molecule has 0 fully saturated rings. The molecule has 0 aliphatic rings. The summed E-state index contributed by atoms with van der Waals surface area (Å²) in [6, 6.07) is 6.75. The van der Waals surface area contributed by atoms with Crippen molar-refractivity contribution in [2.24, 2.45) is 5.73 Å². The van der Waals surface area contributed by atoms with Gasteiger partial charge in [0, 0.05) is 18.4 Å². The van der Waals surface area contributed by atoms with Crippen molar-refractivity contribution in [2.45, 2.75) is 32.7 Å². The first-order valence-corrected chi connectivity index (χ1v) is 6.55. The summed E-state index contributed by atoms with van der Waals surface area (Å²) >= 11 is 0. The average molecular weight is 258 g/mol. The van der Waals surface area contributed by atoms with E-state index in [0.717, 1.165) is 23.1 Å². The van der Waals surface area contributed by atoms with Crippen LogP contribution in [0.3, 0.4) is 0 Å². The van der Waals surface area contributed by atoms with Crippen molar-refractivity contribution >= 4 is 0 Å². The fourth-order valence-corrected chi connectivity index (χ4v) is 2.33. The van der Waals surface area contributed by atoms with Gasteiger partial charge in [0.2, 0.25) is 0 Å². The van der Waals surface area contributed by atoms with Crippen molar-refractivity contribution < 1.29 is 4.39 Å². The van der Waals surface area contributed by atoms with E-state index >= 15 is 0 Å². The van der Waals surface area contributed by atoms with Crippen LogP contribution in [-0.4, -0.2) is 4.98 Å². The molecule has 0 radical (unpaired) electrons. The van der Waals surface area contributed by atoms with Crippen LogP contribution in [0.5, 0.6) is 0 Å². The number of aryl methyl sites for hydroxylation is 2. The zero-order chi connectivity index (χ0) is 13.8. The average Bonchev–Trinajstić information content (AvgIpc) is 2.41. The molecule has 0 bridgehead atoms. The van der Waals surface area contributed by atoms with Crippen LogP contribution in [-0.2, 0) is 12.8 Å². The van der Waals surface area contributed by atoms with Crippen molar-refractivity contribution in [3.8, 4) is 0 Å². The van der Waals surface area contributed by atoms with E-state index in [1.165, 1.54) is 11.6 Å². The maximum Gasteiger partial charge on any atom is 0.123 e. The standard InChI is InChI=1S/C16H19FN2/c1-3-12-10-19-7-6-15(12)16(18)9-13-4-5-14(17)8-11(13)2/h4-8,10,16H,3,9,18H2,1-2H3. The van der Waals surface area contributed by atoms with Gasteiger partial charge in [-0.1, -0.05) is 13.0 Å². The number of hydrogen-bond donors (Lipinski definition) is 1. The summed E-state index contributed by atoms with van der Waals surface area (Å²) in [7, 11) is 0. The second kappa shape index (κ2) is 5.93. The molecule has 1 unspecified atom stereocenters. The maximum atomic E-state index is 13.1. The summed E-state index contributed by atoms with van der Waals surface area (Å²) in [5.74, 6) is -0.201. The molecule has 1 aromatic heterocycles. The van der Waals surface area contributed by atoms with Crippen molar-refractivity contribution in [3.63, 3.8) is 0 Å². The van der Waals surface area contributed by atoms with Crippen LogP contribution in [0, 0.1) is 12.7 Å². The highest BCUT2D eigenvalue weighted by Gasteiger charge is 2.12. The summed E-state index contributed by atoms with van der Waals surface area (Å²) in [4.78, 5) is 4.13. The number of hydrogen-bond acceptors (Lipinski definition) is 2. The monoisotopic (exact) mass is 258 g/mol. The molecular weight excluding hydrogens is 239 g/mol. The van der Waals surface area contributed by atoms with Crippen LogP contribution >= 0.6 is 0 Å². The van der Waals surface area contributed by atoms with Crippen LogP contribution in [0.15, 0.2) is 36.7 Å². The van der Waals surface area contributed by atoms with E-state index < -0.39 is 0 Å². The molecule has 100 valence electrons. The van der Waals surface area contributed by atoms with Crippen molar-refractivity contribution in [1.29, 1.82) is 0 Å². The van der Waals surface area contributed by atoms with Crippen LogP contribution in [0.1, 0.15) is 35.2 Å². The molecule has 2 rings (SSSR count). The number of pyridine rings is 1. The van der Waals surface area contributed by atoms with Gasteiger partial charge in [0.05, 0.1) is 0 Å². The van der Waals surface area contributed by atoms with Gasteiger partial charge >= 0.3 is 0 Å². The number of aromatic nitrogens is 1. The summed E-state index contributed by atoms with van der Waals surface area (Å²) in [5.41, 5.74) is 10.6. The van der Waals surface area contributed by atoms with Gasteiger partial charge in [-0.05, 0) is 60.2 Å². The zero-order valence-electron chi connectivity index (χ0n) is 11.4. The van der Waals surface area contributed by atoms with E-state index in [1.54, 1.807) is 12.3 Å². The smallest absolute Gasteiger partial charge is 0.123 e. The van der Waals surface area contributed by atoms with Gasteiger partial charge in [-0.15, -0.1) is 0 Å². The van der Waals surface area contributed by atoms with Gasteiger partial charge in [-0.25, -0.2) is 4.39 Å². The van der Waals surface area contributed by atoms with Crippen LogP contribution < -0.4 is 5.73 Å². The Morgan fingerprint density at radius 1 is 1.26 bits per heavy atom. The number of nitrogens with two attached hydrogens (primary N) is 1. The molecule has 2 aromatic rings. The van der Waals surface area contributed by atoms with Gasteiger partial charge in [0.15, 0.2) is 0 Å². The molecule has 2 N–H and O–H groups in total. The largest absolute Gasteiger partial charge is 0.324 e. The minimum Gasteiger partial charge on any atom is -0.324 e. The van der Waals surface area contributed by atoms with E-state index in [4.69, 9.17) is 5.73 Å². The molecule has 0 saturated carbocycles. The van der Waals surface area contributed by atoms with Crippen LogP contribution in [0.25, 0.3) is 0 Å². The van der Waals surface area contributed by atoms with E-state index in [-0.39, 0.29) is 11.9 Å². The number of benzene rings is 1. The lowest BCUT2D eigenvalue weighted by molar-refractivity contribution is 0.623. The Balaban J connectivity index is 2.23. The van der Waals surface area contributed by atoms with E-state index in [2.05, 4.69) is 11.9 Å². The zero-order valence-corrected chi connectivity index (χ0v) is 11.4. The topological polar surface area (TPSA) is 38.9 Å². The first-order valence-electron chi connectivity index (χ1n) is 6.55. The van der Waals surface area contributed by atoms with Gasteiger partial charge in [0.25, 0.3) is 0 Å². The molecule has 0 saturated heterocycles. The van der Waals surface area contributed by atoms with Crippen LogP contribution in [0.4, 0.5) is 4.39 Å². The summed E-state index contributed by atoms with van der Waals surface area (Å²) in [5, 5.41) is 0. The van der Waals surface area contributed by atoms with E-state index in [1.807, 2.05) is 25.3 Å². The van der Waals surface area contributed by atoms with E-state index in [0.29, 0.717) is 6.42 Å². The molecule has 3 heteroatoms. The Labute approximate surface area is 113 Å². The third kappa shape index (κ3) is 3.18. The predicted molar refractivity (Wildman–Crippen MR) is 75.4 cm³/mol. The lowest BCUT2D eigenvalue weighted by Gasteiger charge is -2.16. The van der Waals surface area contributed by atoms with E-state index in [9.17, 15) is 4.39 Å². The third-order valence-corrected chi connectivity index (χ3v) is 3.47. The number of nitrogens with zero attached hydrogens (tertiary/aromatic N) is 1. The Morgan fingerprint density at radius 3 is 2.74 bits per heavy atom. The molecule has 1 heterocycles. The molecular formula is C16H19FN2.